The first-order valence-electron chi connectivity index (χ1n) is 6.99. The van der Waals surface area contributed by atoms with Gasteiger partial charge in [0, 0.05) is 17.0 Å². The number of hydrogen-bond acceptors (Lipinski definition) is 4. The molecule has 7 heteroatoms. The van der Waals surface area contributed by atoms with E-state index in [-0.39, 0.29) is 17.4 Å². The molecule has 0 N–H and O–H groups in total. The lowest BCUT2D eigenvalue weighted by atomic mass is 10.1. The number of methoxy groups -OCH3 is 1. The maximum Gasteiger partial charge on any atom is 0.387 e. The van der Waals surface area contributed by atoms with Gasteiger partial charge < -0.3 is 14.4 Å². The van der Waals surface area contributed by atoms with Crippen molar-refractivity contribution in [2.45, 2.75) is 20.1 Å². The molecule has 4 nitrogen and oxygen atoms in total. The van der Waals surface area contributed by atoms with E-state index in [4.69, 9.17) is 4.74 Å². The highest BCUT2D eigenvalue weighted by Gasteiger charge is 2.18. The number of carbonyl (C=O) groups is 1. The van der Waals surface area contributed by atoms with Crippen LogP contribution in [-0.4, -0.2) is 31.1 Å². The fourth-order valence-electron chi connectivity index (χ4n) is 2.09. The lowest BCUT2D eigenvalue weighted by Gasteiger charge is -2.21. The van der Waals surface area contributed by atoms with Gasteiger partial charge in [-0.15, -0.1) is 11.3 Å². The van der Waals surface area contributed by atoms with Crippen molar-refractivity contribution < 1.29 is 23.0 Å². The Morgan fingerprint density at radius 3 is 2.65 bits per heavy atom. The minimum Gasteiger partial charge on any atom is -0.493 e. The Morgan fingerprint density at radius 2 is 2.09 bits per heavy atom. The topological polar surface area (TPSA) is 38.8 Å². The van der Waals surface area contributed by atoms with Crippen LogP contribution in [0, 0.1) is 0 Å². The van der Waals surface area contributed by atoms with Crippen molar-refractivity contribution >= 4 is 17.2 Å². The van der Waals surface area contributed by atoms with Crippen LogP contribution in [0.2, 0.25) is 0 Å². The van der Waals surface area contributed by atoms with Crippen LogP contribution < -0.4 is 9.47 Å². The average molecular weight is 341 g/mol. The second-order valence-electron chi connectivity index (χ2n) is 4.64. The molecule has 2 aromatic rings. The number of thiophene rings is 1. The van der Waals surface area contributed by atoms with Gasteiger partial charge in [0.1, 0.15) is 0 Å². The third-order valence-electron chi connectivity index (χ3n) is 3.22. The van der Waals surface area contributed by atoms with Gasteiger partial charge in [0.2, 0.25) is 0 Å². The molecule has 0 aliphatic rings. The number of amides is 1. The standard InChI is InChI=1S/C16H17F2NO3S/c1-3-19(10-12-5-4-8-23-12)15(20)11-6-7-13(22-16(17)18)14(9-11)21-2/h4-9,16H,3,10H2,1-2H3. The molecule has 0 atom stereocenters. The van der Waals surface area contributed by atoms with Gasteiger partial charge in [0.15, 0.2) is 11.5 Å². The lowest BCUT2D eigenvalue weighted by Crippen LogP contribution is -2.30. The number of alkyl halides is 2. The van der Waals surface area contributed by atoms with E-state index in [0.717, 1.165) is 4.88 Å². The molecule has 0 radical (unpaired) electrons. The summed E-state index contributed by atoms with van der Waals surface area (Å²) in [6.45, 7) is -0.0212. The number of halogens is 2. The molecule has 23 heavy (non-hydrogen) atoms. The number of hydrogen-bond donors (Lipinski definition) is 0. The number of rotatable bonds is 7. The maximum absolute atomic E-state index is 12.6. The van der Waals surface area contributed by atoms with Crippen LogP contribution in [0.15, 0.2) is 35.7 Å². The Bertz CT molecular complexity index is 647. The van der Waals surface area contributed by atoms with Gasteiger partial charge in [-0.1, -0.05) is 6.07 Å². The van der Waals surface area contributed by atoms with Crippen molar-refractivity contribution in [2.24, 2.45) is 0 Å². The number of benzene rings is 1. The predicted molar refractivity (Wildman–Crippen MR) is 84.4 cm³/mol. The zero-order valence-corrected chi connectivity index (χ0v) is 13.6. The fraction of sp³-hybridized carbons (Fsp3) is 0.312. The highest BCUT2D eigenvalue weighted by Crippen LogP contribution is 2.30. The number of carbonyl (C=O) groups excluding carboxylic acids is 1. The summed E-state index contributed by atoms with van der Waals surface area (Å²) >= 11 is 1.57. The molecule has 0 aliphatic heterocycles. The third-order valence-corrected chi connectivity index (χ3v) is 4.08. The SMILES string of the molecule is CCN(Cc1cccs1)C(=O)c1ccc(OC(F)F)c(OC)c1. The van der Waals surface area contributed by atoms with Crippen LogP contribution in [-0.2, 0) is 6.54 Å². The fourth-order valence-corrected chi connectivity index (χ4v) is 2.81. The molecule has 0 saturated carbocycles. The smallest absolute Gasteiger partial charge is 0.387 e. The van der Waals surface area contributed by atoms with Crippen LogP contribution in [0.5, 0.6) is 11.5 Å². The molecule has 1 aromatic heterocycles. The summed E-state index contributed by atoms with van der Waals surface area (Å²) in [6, 6.07) is 8.08. The van der Waals surface area contributed by atoms with E-state index in [1.165, 1.54) is 25.3 Å². The summed E-state index contributed by atoms with van der Waals surface area (Å²) in [5.74, 6) is -0.188. The van der Waals surface area contributed by atoms with Crippen LogP contribution in [0.1, 0.15) is 22.2 Å². The molecule has 1 amide bonds. The van der Waals surface area contributed by atoms with Crippen LogP contribution in [0.4, 0.5) is 8.78 Å². The monoisotopic (exact) mass is 341 g/mol. The summed E-state index contributed by atoms with van der Waals surface area (Å²) in [5, 5.41) is 1.95. The van der Waals surface area contributed by atoms with Crippen LogP contribution >= 0.6 is 11.3 Å². The second-order valence-corrected chi connectivity index (χ2v) is 5.68. The summed E-state index contributed by atoms with van der Waals surface area (Å²) in [7, 11) is 1.34. The van der Waals surface area contributed by atoms with E-state index in [0.29, 0.717) is 18.7 Å². The molecule has 0 fully saturated rings. The van der Waals surface area contributed by atoms with Gasteiger partial charge in [0.25, 0.3) is 5.91 Å². The van der Waals surface area contributed by atoms with Gasteiger partial charge in [0.05, 0.1) is 13.7 Å². The first kappa shape index (κ1) is 17.2. The Balaban J connectivity index is 2.20. The minimum atomic E-state index is -2.95. The van der Waals surface area contributed by atoms with E-state index in [1.54, 1.807) is 16.2 Å². The molecule has 0 bridgehead atoms. The largest absolute Gasteiger partial charge is 0.493 e. The van der Waals surface area contributed by atoms with Gasteiger partial charge in [-0.05, 0) is 36.6 Å². The van der Waals surface area contributed by atoms with E-state index >= 15 is 0 Å². The Labute approximate surface area is 137 Å². The number of nitrogens with zero attached hydrogens (tertiary/aromatic N) is 1. The second kappa shape index (κ2) is 7.92. The molecule has 1 heterocycles. The van der Waals surface area contributed by atoms with Gasteiger partial charge in [-0.25, -0.2) is 0 Å². The number of ether oxygens (including phenoxy) is 2. The highest BCUT2D eigenvalue weighted by atomic mass is 32.1. The van der Waals surface area contributed by atoms with Crippen LogP contribution in [0.25, 0.3) is 0 Å². The van der Waals surface area contributed by atoms with E-state index in [9.17, 15) is 13.6 Å². The molecule has 0 saturated heterocycles. The molecular formula is C16H17F2NO3S. The molecule has 0 unspecified atom stereocenters. The highest BCUT2D eigenvalue weighted by molar-refractivity contribution is 7.09. The van der Waals surface area contributed by atoms with Crippen molar-refractivity contribution in [3.8, 4) is 11.5 Å². The Morgan fingerprint density at radius 1 is 1.30 bits per heavy atom. The lowest BCUT2D eigenvalue weighted by molar-refractivity contribution is -0.0512. The Kier molecular flexibility index (Phi) is 5.92. The predicted octanol–water partition coefficient (Wildman–Crippen LogP) is 4.02. The van der Waals surface area contributed by atoms with E-state index in [2.05, 4.69) is 4.74 Å². The van der Waals surface area contributed by atoms with Gasteiger partial charge in [-0.2, -0.15) is 8.78 Å². The van der Waals surface area contributed by atoms with Crippen LogP contribution in [0.3, 0.4) is 0 Å². The van der Waals surface area contributed by atoms with Crippen molar-refractivity contribution in [1.82, 2.24) is 4.90 Å². The summed E-state index contributed by atoms with van der Waals surface area (Å²) in [5.41, 5.74) is 0.363. The normalized spacial score (nSPS) is 10.7. The summed E-state index contributed by atoms with van der Waals surface area (Å²) in [6.07, 6.45) is 0. The third kappa shape index (κ3) is 4.41. The quantitative estimate of drug-likeness (QED) is 0.763. The van der Waals surface area contributed by atoms with E-state index in [1.807, 2.05) is 24.4 Å². The van der Waals surface area contributed by atoms with Crippen molar-refractivity contribution in [3.05, 3.63) is 46.2 Å². The molecule has 0 spiro atoms. The molecule has 0 aliphatic carbocycles. The van der Waals surface area contributed by atoms with Crippen molar-refractivity contribution in [2.75, 3.05) is 13.7 Å². The molecule has 124 valence electrons. The van der Waals surface area contributed by atoms with Gasteiger partial charge in [-0.3, -0.25) is 4.79 Å². The summed E-state index contributed by atoms with van der Waals surface area (Å²) < 4.78 is 34.1. The first-order chi connectivity index (χ1) is 11.0. The molecule has 1 aromatic carbocycles. The van der Waals surface area contributed by atoms with Crippen molar-refractivity contribution in [1.29, 1.82) is 0 Å². The Hall–Kier alpha value is -2.15. The maximum atomic E-state index is 12.6. The molecule has 2 rings (SSSR count). The molecular weight excluding hydrogens is 324 g/mol. The minimum absolute atomic E-state index is 0.0969. The zero-order chi connectivity index (χ0) is 16.8. The first-order valence-corrected chi connectivity index (χ1v) is 7.87. The van der Waals surface area contributed by atoms with E-state index < -0.39 is 6.61 Å². The van der Waals surface area contributed by atoms with Gasteiger partial charge >= 0.3 is 6.61 Å². The van der Waals surface area contributed by atoms with Crippen molar-refractivity contribution in [3.63, 3.8) is 0 Å². The zero-order valence-electron chi connectivity index (χ0n) is 12.8. The summed E-state index contributed by atoms with van der Waals surface area (Å²) in [4.78, 5) is 15.3. The average Bonchev–Trinajstić information content (AvgIpc) is 3.05.